The molecule has 0 fully saturated rings. The van der Waals surface area contributed by atoms with Crippen molar-refractivity contribution in [3.63, 3.8) is 0 Å². The molecule has 1 unspecified atom stereocenters. The quantitative estimate of drug-likeness (QED) is 0.446. The van der Waals surface area contributed by atoms with E-state index >= 15 is 0 Å². The van der Waals surface area contributed by atoms with Crippen LogP contribution in [0.2, 0.25) is 10.0 Å². The van der Waals surface area contributed by atoms with Crippen LogP contribution >= 0.6 is 23.2 Å². The maximum Gasteiger partial charge on any atom is 0.325 e. The Balaban J connectivity index is 1.74. The summed E-state index contributed by atoms with van der Waals surface area (Å²) in [6.07, 6.45) is 0. The van der Waals surface area contributed by atoms with Crippen molar-refractivity contribution in [2.45, 2.75) is 17.9 Å². The minimum Gasteiger partial charge on any atom is -0.480 e. The molecule has 12 heteroatoms. The lowest BCUT2D eigenvalue weighted by Crippen LogP contribution is -2.41. The van der Waals surface area contributed by atoms with Crippen molar-refractivity contribution in [2.75, 3.05) is 11.1 Å². The molecule has 0 radical (unpaired) electrons. The summed E-state index contributed by atoms with van der Waals surface area (Å²) in [5, 5.41) is 14.9. The average Bonchev–Trinajstić information content (AvgIpc) is 3.07. The number of nitrogens with zero attached hydrogens (tertiary/aromatic N) is 1. The molecule has 0 aliphatic rings. The van der Waals surface area contributed by atoms with Gasteiger partial charge in [-0.2, -0.15) is 0 Å². The Hall–Kier alpha value is -3.08. The minimum atomic E-state index is -4.01. The van der Waals surface area contributed by atoms with Gasteiger partial charge >= 0.3 is 5.97 Å². The normalized spacial score (nSPS) is 12.4. The Morgan fingerprint density at radius 1 is 1.09 bits per heavy atom. The molecule has 1 heterocycles. The number of hydrogen-bond donors (Lipinski definition) is 3. The monoisotopic (exact) mass is 511 g/mol. The van der Waals surface area contributed by atoms with Gasteiger partial charge in [0, 0.05) is 23.6 Å². The van der Waals surface area contributed by atoms with Crippen LogP contribution in [0.3, 0.4) is 0 Å². The molecule has 0 saturated heterocycles. The Labute approximate surface area is 199 Å². The van der Waals surface area contributed by atoms with E-state index in [9.17, 15) is 22.8 Å². The number of nitrogens with one attached hydrogen (secondary N) is 2. The van der Waals surface area contributed by atoms with Gasteiger partial charge in [0.15, 0.2) is 9.84 Å². The third kappa shape index (κ3) is 5.29. The number of carbonyl (C=O) groups is 3. The van der Waals surface area contributed by atoms with E-state index in [1.165, 1.54) is 31.2 Å². The molecule has 33 heavy (non-hydrogen) atoms. The predicted octanol–water partition coefficient (Wildman–Crippen LogP) is 3.10. The van der Waals surface area contributed by atoms with E-state index in [0.717, 1.165) is 0 Å². The SMILES string of the molecule is CC(NC(=O)CS(=O)(=O)c1ccc(NC(=O)c2cc3c(Cl)c(Cl)ccc3n2C)cc1)C(=O)O. The van der Waals surface area contributed by atoms with Crippen molar-refractivity contribution in [1.82, 2.24) is 9.88 Å². The predicted molar refractivity (Wildman–Crippen MR) is 125 cm³/mol. The third-order valence-corrected chi connectivity index (χ3v) is 7.34. The van der Waals surface area contributed by atoms with Crippen LogP contribution in [-0.4, -0.2) is 47.7 Å². The first-order chi connectivity index (χ1) is 15.4. The van der Waals surface area contributed by atoms with Crippen LogP contribution < -0.4 is 10.6 Å². The summed E-state index contributed by atoms with van der Waals surface area (Å²) < 4.78 is 26.5. The third-order valence-electron chi connectivity index (χ3n) is 4.89. The lowest BCUT2D eigenvalue weighted by molar-refractivity contribution is -0.140. The summed E-state index contributed by atoms with van der Waals surface area (Å²) in [6, 6.07) is 9.03. The van der Waals surface area contributed by atoms with Gasteiger partial charge in [0.05, 0.1) is 14.9 Å². The fourth-order valence-electron chi connectivity index (χ4n) is 3.11. The molecule has 1 aromatic heterocycles. The lowest BCUT2D eigenvalue weighted by Gasteiger charge is -2.10. The number of benzene rings is 2. The number of halogens is 2. The Morgan fingerprint density at radius 2 is 1.73 bits per heavy atom. The molecular formula is C21H19Cl2N3O6S. The smallest absolute Gasteiger partial charge is 0.325 e. The molecule has 2 aromatic carbocycles. The van der Waals surface area contributed by atoms with Crippen LogP contribution in [0.25, 0.3) is 10.9 Å². The van der Waals surface area contributed by atoms with Crippen molar-refractivity contribution in [3.05, 3.63) is 58.2 Å². The van der Waals surface area contributed by atoms with Crippen LogP contribution in [0, 0.1) is 0 Å². The van der Waals surface area contributed by atoms with Crippen LogP contribution in [0.4, 0.5) is 5.69 Å². The van der Waals surface area contributed by atoms with E-state index in [2.05, 4.69) is 10.6 Å². The van der Waals surface area contributed by atoms with Crippen LogP contribution in [0.5, 0.6) is 0 Å². The zero-order valence-corrected chi connectivity index (χ0v) is 19.8. The van der Waals surface area contributed by atoms with E-state index in [4.69, 9.17) is 28.3 Å². The lowest BCUT2D eigenvalue weighted by atomic mass is 10.2. The topological polar surface area (TPSA) is 135 Å². The van der Waals surface area contributed by atoms with Gasteiger partial charge in [-0.1, -0.05) is 23.2 Å². The van der Waals surface area contributed by atoms with E-state index < -0.39 is 39.4 Å². The second kappa shape index (κ2) is 9.42. The number of rotatable bonds is 7. The average molecular weight is 512 g/mol. The van der Waals surface area contributed by atoms with Gasteiger partial charge in [-0.3, -0.25) is 14.4 Å². The number of amides is 2. The maximum atomic E-state index is 12.8. The Kier molecular flexibility index (Phi) is 7.01. The summed E-state index contributed by atoms with van der Waals surface area (Å²) in [4.78, 5) is 35.2. The summed E-state index contributed by atoms with van der Waals surface area (Å²) in [7, 11) is -2.31. The first-order valence-corrected chi connectivity index (χ1v) is 11.9. The number of carboxylic acid groups (broad SMARTS) is 1. The largest absolute Gasteiger partial charge is 0.480 e. The number of carbonyl (C=O) groups excluding carboxylic acids is 2. The van der Waals surface area contributed by atoms with Crippen molar-refractivity contribution in [1.29, 1.82) is 0 Å². The second-order valence-corrected chi connectivity index (χ2v) is 10.0. The number of carboxylic acids is 1. The van der Waals surface area contributed by atoms with E-state index in [1.807, 2.05) is 0 Å². The van der Waals surface area contributed by atoms with Gasteiger partial charge in [0.2, 0.25) is 5.91 Å². The van der Waals surface area contributed by atoms with Gasteiger partial charge in [-0.15, -0.1) is 0 Å². The highest BCUT2D eigenvalue weighted by Gasteiger charge is 2.23. The molecule has 0 aliphatic carbocycles. The second-order valence-electron chi connectivity index (χ2n) is 7.25. The molecule has 1 atom stereocenters. The van der Waals surface area contributed by atoms with E-state index in [0.29, 0.717) is 32.3 Å². The van der Waals surface area contributed by atoms with Crippen molar-refractivity contribution in [2.24, 2.45) is 7.05 Å². The zero-order chi connectivity index (χ0) is 24.5. The standard InChI is InChI=1S/C21H19Cl2N3O6S/c1-11(21(29)30)24-18(27)10-33(31,32)13-5-3-12(4-6-13)25-20(28)17-9-14-16(26(17)2)8-7-15(22)19(14)23/h3-9,11H,10H2,1-2H3,(H,24,27)(H,25,28)(H,29,30). The number of fused-ring (bicyclic) bond motifs is 1. The number of sulfone groups is 1. The molecule has 3 rings (SSSR count). The van der Waals surface area contributed by atoms with Crippen molar-refractivity contribution >= 4 is 67.4 Å². The van der Waals surface area contributed by atoms with Crippen molar-refractivity contribution in [3.8, 4) is 0 Å². The minimum absolute atomic E-state index is 0.148. The molecule has 2 amide bonds. The summed E-state index contributed by atoms with van der Waals surface area (Å²) in [5.74, 6) is -3.57. The van der Waals surface area contributed by atoms with Gasteiger partial charge in [-0.05, 0) is 49.4 Å². The highest BCUT2D eigenvalue weighted by molar-refractivity contribution is 7.92. The van der Waals surface area contributed by atoms with Gasteiger partial charge in [0.25, 0.3) is 5.91 Å². The molecule has 0 bridgehead atoms. The summed E-state index contributed by atoms with van der Waals surface area (Å²) in [6.45, 7) is 1.22. The number of aliphatic carboxylic acids is 1. The number of anilines is 1. The number of hydrogen-bond acceptors (Lipinski definition) is 5. The van der Waals surface area contributed by atoms with Gasteiger partial charge in [-0.25, -0.2) is 8.42 Å². The van der Waals surface area contributed by atoms with E-state index in [-0.39, 0.29) is 4.90 Å². The van der Waals surface area contributed by atoms with Gasteiger partial charge < -0.3 is 20.3 Å². The number of aryl methyl sites for hydroxylation is 1. The van der Waals surface area contributed by atoms with Crippen LogP contribution in [-0.2, 0) is 26.5 Å². The number of aromatic nitrogens is 1. The first-order valence-electron chi connectivity index (χ1n) is 9.50. The summed E-state index contributed by atoms with van der Waals surface area (Å²) in [5.41, 5.74) is 1.36. The molecule has 3 aromatic rings. The zero-order valence-electron chi connectivity index (χ0n) is 17.4. The fourth-order valence-corrected chi connectivity index (χ4v) is 4.63. The first kappa shape index (κ1) is 24.6. The molecule has 0 spiro atoms. The molecule has 3 N–H and O–H groups in total. The van der Waals surface area contributed by atoms with Gasteiger partial charge in [0.1, 0.15) is 17.5 Å². The van der Waals surface area contributed by atoms with Crippen LogP contribution in [0.15, 0.2) is 47.4 Å². The molecule has 9 nitrogen and oxygen atoms in total. The molecule has 0 saturated carbocycles. The fraction of sp³-hybridized carbons (Fsp3) is 0.190. The molecule has 0 aliphatic heterocycles. The Bertz CT molecular complexity index is 1370. The Morgan fingerprint density at radius 3 is 2.33 bits per heavy atom. The van der Waals surface area contributed by atoms with Crippen LogP contribution in [0.1, 0.15) is 17.4 Å². The molecule has 174 valence electrons. The van der Waals surface area contributed by atoms with E-state index in [1.54, 1.807) is 29.8 Å². The molecular weight excluding hydrogens is 493 g/mol. The summed E-state index contributed by atoms with van der Waals surface area (Å²) >= 11 is 12.3. The van der Waals surface area contributed by atoms with Crippen molar-refractivity contribution < 1.29 is 27.9 Å². The maximum absolute atomic E-state index is 12.8. The highest BCUT2D eigenvalue weighted by Crippen LogP contribution is 2.32. The highest BCUT2D eigenvalue weighted by atomic mass is 35.5.